The topological polar surface area (TPSA) is 87.3 Å². The molecule has 0 fully saturated rings. The number of aryl methyl sites for hydroxylation is 1. The molecule has 0 aliphatic heterocycles. The number of carbonyl (C=O) groups excluding carboxylic acids is 1. The Morgan fingerprint density at radius 3 is 2.79 bits per heavy atom. The van der Waals surface area contributed by atoms with Crippen molar-refractivity contribution in [3.05, 3.63) is 33.5 Å². The number of esters is 1. The molecular weight excluding hydrogens is 384 g/mol. The lowest BCUT2D eigenvalue weighted by atomic mass is 10.1. The molecule has 2 rings (SSSR count). The Morgan fingerprint density at radius 1 is 1.58 bits per heavy atom. The molecule has 0 aliphatic carbocycles. The summed E-state index contributed by atoms with van der Waals surface area (Å²) in [4.78, 5) is 22.2. The summed E-state index contributed by atoms with van der Waals surface area (Å²) in [6.07, 6.45) is 0.286. The summed E-state index contributed by atoms with van der Waals surface area (Å²) >= 11 is 2.12. The minimum Gasteiger partial charge on any atom is -0.465 e. The third-order valence-corrected chi connectivity index (χ3v) is 4.51. The first-order chi connectivity index (χ1) is 8.99. The first-order valence-electron chi connectivity index (χ1n) is 5.12. The third kappa shape index (κ3) is 2.42. The number of halogens is 1. The highest BCUT2D eigenvalue weighted by molar-refractivity contribution is 14.2. The molecule has 19 heavy (non-hydrogen) atoms. The van der Waals surface area contributed by atoms with Gasteiger partial charge in [-0.05, 0) is 35.0 Å². The van der Waals surface area contributed by atoms with Gasteiger partial charge in [-0.1, -0.05) is 0 Å². The van der Waals surface area contributed by atoms with E-state index < -0.39 is 10.9 Å². The lowest BCUT2D eigenvalue weighted by Gasteiger charge is -2.02. The smallest absolute Gasteiger partial charge is 0.338 e. The standard InChI is InChI=1S/C10H9IN3O4P/c1-5-9-7(13(12-5)19-11)3-6(10(15)18-2)4-8(9)14(16)17/h3-4,19H,1-2H3. The Hall–Kier alpha value is -1.28. The van der Waals surface area contributed by atoms with Gasteiger partial charge in [0.05, 0.1) is 35.2 Å². The molecule has 0 amide bonds. The van der Waals surface area contributed by atoms with E-state index in [0.717, 1.165) is 0 Å². The predicted octanol–water partition coefficient (Wildman–Crippen LogP) is 2.83. The molecule has 0 saturated heterocycles. The molecule has 0 spiro atoms. The summed E-state index contributed by atoms with van der Waals surface area (Å²) in [7, 11) is 1.24. The van der Waals surface area contributed by atoms with Gasteiger partial charge in [0.15, 0.2) is 0 Å². The zero-order valence-electron chi connectivity index (χ0n) is 10.0. The minimum atomic E-state index is -0.604. The molecule has 100 valence electrons. The van der Waals surface area contributed by atoms with Crippen LogP contribution in [0.2, 0.25) is 0 Å². The van der Waals surface area contributed by atoms with Crippen LogP contribution in [0.5, 0.6) is 0 Å². The normalized spacial score (nSPS) is 11.3. The van der Waals surface area contributed by atoms with Crippen molar-refractivity contribution in [3.8, 4) is 0 Å². The van der Waals surface area contributed by atoms with Crippen molar-refractivity contribution in [1.82, 2.24) is 9.55 Å². The lowest BCUT2D eigenvalue weighted by Crippen LogP contribution is -2.03. The molecule has 0 bridgehead atoms. The molecule has 1 heterocycles. The quantitative estimate of drug-likeness (QED) is 0.263. The van der Waals surface area contributed by atoms with Crippen LogP contribution >= 0.6 is 28.4 Å². The summed E-state index contributed by atoms with van der Waals surface area (Å²) in [5.74, 6) is -0.604. The van der Waals surface area contributed by atoms with Crippen LogP contribution in [0, 0.1) is 17.0 Å². The van der Waals surface area contributed by atoms with E-state index in [-0.39, 0.29) is 17.6 Å². The maximum atomic E-state index is 11.6. The summed E-state index contributed by atoms with van der Waals surface area (Å²) < 4.78 is 6.25. The van der Waals surface area contributed by atoms with Crippen molar-refractivity contribution in [3.63, 3.8) is 0 Å². The molecule has 1 aromatic carbocycles. The molecule has 1 aromatic heterocycles. The molecule has 0 N–H and O–H groups in total. The summed E-state index contributed by atoms with van der Waals surface area (Å²) in [5, 5.41) is 15.8. The monoisotopic (exact) mass is 393 g/mol. The highest BCUT2D eigenvalue weighted by atomic mass is 127. The molecule has 2 aromatic rings. The summed E-state index contributed by atoms with van der Waals surface area (Å²) in [6.45, 7) is 1.71. The highest BCUT2D eigenvalue weighted by Crippen LogP contribution is 2.35. The number of nitro benzene ring substituents is 1. The van der Waals surface area contributed by atoms with Crippen molar-refractivity contribution in [2.75, 3.05) is 7.11 Å². The molecule has 0 radical (unpaired) electrons. The Labute approximate surface area is 122 Å². The van der Waals surface area contributed by atoms with Crippen LogP contribution in [0.3, 0.4) is 0 Å². The maximum Gasteiger partial charge on any atom is 0.338 e. The zero-order chi connectivity index (χ0) is 14.2. The van der Waals surface area contributed by atoms with Gasteiger partial charge in [0.1, 0.15) is 5.39 Å². The zero-order valence-corrected chi connectivity index (χ0v) is 13.2. The van der Waals surface area contributed by atoms with E-state index in [9.17, 15) is 14.9 Å². The van der Waals surface area contributed by atoms with Crippen LogP contribution in [0.25, 0.3) is 10.9 Å². The average Bonchev–Trinajstić information content (AvgIpc) is 2.73. The van der Waals surface area contributed by atoms with E-state index in [0.29, 0.717) is 16.6 Å². The number of methoxy groups -OCH3 is 1. The van der Waals surface area contributed by atoms with Gasteiger partial charge in [0.25, 0.3) is 5.69 Å². The van der Waals surface area contributed by atoms with Gasteiger partial charge >= 0.3 is 5.97 Å². The molecule has 1 unspecified atom stereocenters. The van der Waals surface area contributed by atoms with Crippen LogP contribution < -0.4 is 0 Å². The minimum absolute atomic E-state index is 0.128. The first kappa shape index (κ1) is 14.1. The molecule has 1 atom stereocenters. The average molecular weight is 393 g/mol. The van der Waals surface area contributed by atoms with Gasteiger partial charge in [-0.2, -0.15) is 5.10 Å². The Morgan fingerprint density at radius 2 is 2.26 bits per heavy atom. The summed E-state index contributed by atoms with van der Waals surface area (Å²) in [5.41, 5.74) is 1.16. The number of fused-ring (bicyclic) bond motifs is 1. The second kappa shape index (κ2) is 5.38. The van der Waals surface area contributed by atoms with Gasteiger partial charge in [-0.15, -0.1) is 0 Å². The van der Waals surface area contributed by atoms with Crippen LogP contribution in [0.15, 0.2) is 12.1 Å². The van der Waals surface area contributed by atoms with E-state index >= 15 is 0 Å². The largest absolute Gasteiger partial charge is 0.465 e. The van der Waals surface area contributed by atoms with Crippen molar-refractivity contribution in [2.45, 2.75) is 6.92 Å². The van der Waals surface area contributed by atoms with Gasteiger partial charge in [0, 0.05) is 6.07 Å². The fraction of sp³-hybridized carbons (Fsp3) is 0.200. The van der Waals surface area contributed by atoms with E-state index in [2.05, 4.69) is 31.9 Å². The number of carbonyl (C=O) groups is 1. The number of aromatic nitrogens is 2. The highest BCUT2D eigenvalue weighted by Gasteiger charge is 2.22. The van der Waals surface area contributed by atoms with Gasteiger partial charge in [0.2, 0.25) is 0 Å². The molecular formula is C10H9IN3O4P. The van der Waals surface area contributed by atoms with E-state index in [1.54, 1.807) is 17.4 Å². The number of non-ortho nitro benzene ring substituents is 1. The predicted molar refractivity (Wildman–Crippen MR) is 80.2 cm³/mol. The Balaban J connectivity index is 2.85. The number of ether oxygens (including phenoxy) is 1. The Bertz CT molecular complexity index is 685. The van der Waals surface area contributed by atoms with E-state index in [4.69, 9.17) is 0 Å². The third-order valence-electron chi connectivity index (χ3n) is 2.63. The van der Waals surface area contributed by atoms with Crippen molar-refractivity contribution >= 4 is 51.0 Å². The van der Waals surface area contributed by atoms with Crippen LogP contribution in [-0.2, 0) is 4.74 Å². The fourth-order valence-corrected chi connectivity index (χ4v) is 3.41. The second-order valence-corrected chi connectivity index (χ2v) is 5.76. The van der Waals surface area contributed by atoms with Gasteiger partial charge < -0.3 is 4.74 Å². The number of nitro groups is 1. The van der Waals surface area contributed by atoms with Crippen LogP contribution in [-0.4, -0.2) is 27.6 Å². The number of nitrogens with zero attached hydrogens (tertiary/aromatic N) is 3. The van der Waals surface area contributed by atoms with Crippen LogP contribution in [0.4, 0.5) is 5.69 Å². The van der Waals surface area contributed by atoms with Crippen molar-refractivity contribution < 1.29 is 14.5 Å². The SMILES string of the molecule is COC(=O)c1cc([N+](=O)[O-])c2c(C)nn(PI)c2c1. The van der Waals surface area contributed by atoms with Crippen molar-refractivity contribution in [1.29, 1.82) is 0 Å². The summed E-state index contributed by atoms with van der Waals surface area (Å²) in [6, 6.07) is 2.79. The maximum absolute atomic E-state index is 11.6. The molecule has 9 heteroatoms. The lowest BCUT2D eigenvalue weighted by molar-refractivity contribution is -0.383. The second-order valence-electron chi connectivity index (χ2n) is 3.72. The van der Waals surface area contributed by atoms with Crippen LogP contribution in [0.1, 0.15) is 16.1 Å². The number of rotatable bonds is 3. The number of benzene rings is 1. The molecule has 0 saturated carbocycles. The number of hydrogen-bond acceptors (Lipinski definition) is 5. The number of hydrogen-bond donors (Lipinski definition) is 0. The van der Waals surface area contributed by atoms with Crippen molar-refractivity contribution in [2.24, 2.45) is 0 Å². The fourth-order valence-electron chi connectivity index (χ4n) is 1.85. The first-order valence-corrected chi connectivity index (χ1v) is 9.18. The van der Waals surface area contributed by atoms with E-state index in [1.165, 1.54) is 13.2 Å². The van der Waals surface area contributed by atoms with Gasteiger partial charge in [-0.25, -0.2) is 9.25 Å². The van der Waals surface area contributed by atoms with E-state index in [1.807, 2.05) is 0 Å². The molecule has 7 nitrogen and oxygen atoms in total. The van der Waals surface area contributed by atoms with Gasteiger partial charge in [-0.3, -0.25) is 10.1 Å². The Kier molecular flexibility index (Phi) is 4.00. The molecule has 0 aliphatic rings.